The van der Waals surface area contributed by atoms with Crippen molar-refractivity contribution in [3.8, 4) is 0 Å². The number of rotatable bonds is 10. The molecular weight excluding hydrogens is 348 g/mol. The Balaban J connectivity index is 2.46. The molecule has 0 fully saturated rings. The van der Waals surface area contributed by atoms with E-state index >= 15 is 0 Å². The van der Waals surface area contributed by atoms with Crippen LogP contribution in [-0.2, 0) is 11.3 Å². The molecule has 0 aliphatic rings. The molecule has 3 nitrogen and oxygen atoms in total. The number of halogens is 1. The Hall–Kier alpha value is -0.390. The predicted octanol–water partition coefficient (Wildman–Crippen LogP) is 4.40. The van der Waals surface area contributed by atoms with Crippen LogP contribution in [-0.4, -0.2) is 23.9 Å². The molecule has 0 saturated heterocycles. The first-order valence-corrected chi connectivity index (χ1v) is 9.43. The van der Waals surface area contributed by atoms with Crippen LogP contribution in [0.4, 0.5) is 0 Å². The number of amides is 1. The summed E-state index contributed by atoms with van der Waals surface area (Å²) in [6.45, 7) is 6.45. The number of nitrogens with two attached hydrogens (primary N) is 1. The third-order valence-corrected chi connectivity index (χ3v) is 5.36. The molecule has 1 heterocycles. The highest BCUT2D eigenvalue weighted by Crippen LogP contribution is 2.24. The Morgan fingerprint density at radius 1 is 1.33 bits per heavy atom. The van der Waals surface area contributed by atoms with Gasteiger partial charge in [0, 0.05) is 17.8 Å². The van der Waals surface area contributed by atoms with E-state index in [9.17, 15) is 4.79 Å². The van der Waals surface area contributed by atoms with Gasteiger partial charge >= 0.3 is 0 Å². The number of carbonyl (C=O) groups excluding carboxylic acids is 1. The topological polar surface area (TPSA) is 46.3 Å². The molecule has 1 aromatic heterocycles. The summed E-state index contributed by atoms with van der Waals surface area (Å²) in [6.07, 6.45) is 4.98. The van der Waals surface area contributed by atoms with Crippen molar-refractivity contribution in [3.63, 3.8) is 0 Å². The molecule has 1 atom stereocenters. The Morgan fingerprint density at radius 3 is 2.62 bits per heavy atom. The van der Waals surface area contributed by atoms with E-state index in [1.807, 2.05) is 17.9 Å². The molecule has 0 saturated carbocycles. The van der Waals surface area contributed by atoms with Gasteiger partial charge in [-0.25, -0.2) is 0 Å². The molecule has 1 amide bonds. The molecule has 0 bridgehead atoms. The average molecular weight is 375 g/mol. The fraction of sp³-hybridized carbons (Fsp3) is 0.688. The van der Waals surface area contributed by atoms with Gasteiger partial charge in [0.2, 0.25) is 5.91 Å². The SMILES string of the molecule is CCCC(CCN)CCC(=O)N(CC)Cc1ccc(Br)s1. The van der Waals surface area contributed by atoms with Crippen LogP contribution in [0.1, 0.15) is 50.8 Å². The van der Waals surface area contributed by atoms with E-state index in [0.29, 0.717) is 12.3 Å². The van der Waals surface area contributed by atoms with Gasteiger partial charge in [0.25, 0.3) is 0 Å². The minimum Gasteiger partial charge on any atom is -0.338 e. The number of thiophene rings is 1. The van der Waals surface area contributed by atoms with Crippen molar-refractivity contribution in [2.75, 3.05) is 13.1 Å². The van der Waals surface area contributed by atoms with Crippen molar-refractivity contribution in [2.45, 2.75) is 52.5 Å². The number of carbonyl (C=O) groups is 1. The largest absolute Gasteiger partial charge is 0.338 e. The lowest BCUT2D eigenvalue weighted by Gasteiger charge is -2.22. The van der Waals surface area contributed by atoms with Gasteiger partial charge in [0.15, 0.2) is 0 Å². The van der Waals surface area contributed by atoms with E-state index in [4.69, 9.17) is 5.73 Å². The molecule has 0 radical (unpaired) electrons. The average Bonchev–Trinajstić information content (AvgIpc) is 2.87. The van der Waals surface area contributed by atoms with Gasteiger partial charge in [-0.05, 0) is 60.3 Å². The van der Waals surface area contributed by atoms with E-state index in [1.54, 1.807) is 11.3 Å². The summed E-state index contributed by atoms with van der Waals surface area (Å²) in [7, 11) is 0. The van der Waals surface area contributed by atoms with Gasteiger partial charge in [-0.15, -0.1) is 11.3 Å². The second kappa shape index (κ2) is 10.4. The highest BCUT2D eigenvalue weighted by Gasteiger charge is 2.15. The summed E-state index contributed by atoms with van der Waals surface area (Å²) >= 11 is 5.16. The van der Waals surface area contributed by atoms with Crippen molar-refractivity contribution in [2.24, 2.45) is 11.7 Å². The quantitative estimate of drug-likeness (QED) is 0.659. The maximum Gasteiger partial charge on any atom is 0.222 e. The molecule has 0 aliphatic carbocycles. The first-order chi connectivity index (χ1) is 10.1. The van der Waals surface area contributed by atoms with Crippen LogP contribution < -0.4 is 5.73 Å². The highest BCUT2D eigenvalue weighted by molar-refractivity contribution is 9.11. The number of hydrogen-bond donors (Lipinski definition) is 1. The van der Waals surface area contributed by atoms with E-state index in [2.05, 4.69) is 28.9 Å². The van der Waals surface area contributed by atoms with Crippen LogP contribution in [0.5, 0.6) is 0 Å². The summed E-state index contributed by atoms with van der Waals surface area (Å²) in [5, 5.41) is 0. The van der Waals surface area contributed by atoms with Gasteiger partial charge in [-0.3, -0.25) is 4.79 Å². The molecule has 1 rings (SSSR count). The lowest BCUT2D eigenvalue weighted by Crippen LogP contribution is -2.30. The first kappa shape index (κ1) is 18.7. The fourth-order valence-electron chi connectivity index (χ4n) is 2.56. The number of nitrogens with zero attached hydrogens (tertiary/aromatic N) is 1. The molecule has 5 heteroatoms. The fourth-order valence-corrected chi connectivity index (χ4v) is 4.06. The maximum absolute atomic E-state index is 12.4. The van der Waals surface area contributed by atoms with Gasteiger partial charge < -0.3 is 10.6 Å². The van der Waals surface area contributed by atoms with Crippen molar-refractivity contribution >= 4 is 33.2 Å². The Bertz CT molecular complexity index is 416. The second-order valence-corrected chi connectivity index (χ2v) is 7.93. The zero-order valence-corrected chi connectivity index (χ0v) is 15.5. The molecule has 21 heavy (non-hydrogen) atoms. The summed E-state index contributed by atoms with van der Waals surface area (Å²) in [4.78, 5) is 15.6. The van der Waals surface area contributed by atoms with E-state index in [1.165, 1.54) is 17.7 Å². The van der Waals surface area contributed by atoms with E-state index < -0.39 is 0 Å². The maximum atomic E-state index is 12.4. The predicted molar refractivity (Wildman–Crippen MR) is 94.4 cm³/mol. The van der Waals surface area contributed by atoms with E-state index in [0.717, 1.165) is 36.3 Å². The second-order valence-electron chi connectivity index (χ2n) is 5.38. The summed E-state index contributed by atoms with van der Waals surface area (Å²) in [5.74, 6) is 0.860. The minimum absolute atomic E-state index is 0.264. The van der Waals surface area contributed by atoms with E-state index in [-0.39, 0.29) is 5.91 Å². The first-order valence-electron chi connectivity index (χ1n) is 7.82. The van der Waals surface area contributed by atoms with Crippen molar-refractivity contribution in [1.82, 2.24) is 4.90 Å². The zero-order chi connectivity index (χ0) is 15.7. The summed E-state index contributed by atoms with van der Waals surface area (Å²) in [6, 6.07) is 4.12. The van der Waals surface area contributed by atoms with Crippen molar-refractivity contribution in [3.05, 3.63) is 20.8 Å². The van der Waals surface area contributed by atoms with Gasteiger partial charge in [0.05, 0.1) is 10.3 Å². The molecule has 0 aromatic carbocycles. The van der Waals surface area contributed by atoms with Crippen LogP contribution in [0.2, 0.25) is 0 Å². The molecular formula is C16H27BrN2OS. The Kier molecular flexibility index (Phi) is 9.20. The van der Waals surface area contributed by atoms with Crippen LogP contribution in [0.25, 0.3) is 0 Å². The van der Waals surface area contributed by atoms with Gasteiger partial charge in [-0.2, -0.15) is 0 Å². The third kappa shape index (κ3) is 6.94. The molecule has 1 aromatic rings. The monoisotopic (exact) mass is 374 g/mol. The normalized spacial score (nSPS) is 12.4. The third-order valence-electron chi connectivity index (χ3n) is 3.75. The van der Waals surface area contributed by atoms with Crippen LogP contribution in [0.3, 0.4) is 0 Å². The number of hydrogen-bond acceptors (Lipinski definition) is 3. The zero-order valence-electron chi connectivity index (χ0n) is 13.1. The standard InChI is InChI=1S/C16H27BrN2OS/c1-3-5-13(10-11-18)6-9-16(20)19(4-2)12-14-7-8-15(17)21-14/h7-8,13H,3-6,9-12,18H2,1-2H3. The Morgan fingerprint density at radius 2 is 2.10 bits per heavy atom. The molecule has 120 valence electrons. The van der Waals surface area contributed by atoms with Crippen LogP contribution in [0, 0.1) is 5.92 Å². The summed E-state index contributed by atoms with van der Waals surface area (Å²) in [5.41, 5.74) is 5.66. The van der Waals surface area contributed by atoms with Crippen LogP contribution >= 0.6 is 27.3 Å². The smallest absolute Gasteiger partial charge is 0.222 e. The van der Waals surface area contributed by atoms with Gasteiger partial charge in [0.1, 0.15) is 0 Å². The van der Waals surface area contributed by atoms with Crippen molar-refractivity contribution < 1.29 is 4.79 Å². The molecule has 0 spiro atoms. The lowest BCUT2D eigenvalue weighted by molar-refractivity contribution is -0.131. The molecule has 2 N–H and O–H groups in total. The summed E-state index contributed by atoms with van der Waals surface area (Å²) < 4.78 is 1.12. The minimum atomic E-state index is 0.264. The van der Waals surface area contributed by atoms with Crippen LogP contribution in [0.15, 0.2) is 15.9 Å². The van der Waals surface area contributed by atoms with Gasteiger partial charge in [-0.1, -0.05) is 19.8 Å². The molecule has 0 aliphatic heterocycles. The lowest BCUT2D eigenvalue weighted by atomic mass is 9.94. The highest BCUT2D eigenvalue weighted by atomic mass is 79.9. The Labute approximate surface area is 141 Å². The van der Waals surface area contributed by atoms with Crippen molar-refractivity contribution in [1.29, 1.82) is 0 Å². The molecule has 1 unspecified atom stereocenters.